The first kappa shape index (κ1) is 17.3. The maximum absolute atomic E-state index is 12.7. The molecule has 0 saturated carbocycles. The Morgan fingerprint density at radius 3 is 2.92 bits per heavy atom. The molecule has 2 heterocycles. The van der Waals surface area contributed by atoms with Crippen molar-refractivity contribution in [2.75, 3.05) is 24.7 Å². The van der Waals surface area contributed by atoms with Crippen molar-refractivity contribution in [1.82, 2.24) is 9.88 Å². The summed E-state index contributed by atoms with van der Waals surface area (Å²) in [6.07, 6.45) is 4.09. The summed E-state index contributed by atoms with van der Waals surface area (Å²) in [4.78, 5) is 19.0. The molecule has 4 nitrogen and oxygen atoms in total. The summed E-state index contributed by atoms with van der Waals surface area (Å²) in [5.74, 6) is 0.0538. The SMILES string of the molecule is CSc1nc(C(=O)N2CCC[C@@H](Nc3ccc(C)c(C)c3)C2)cs1. The number of hydrogen-bond acceptors (Lipinski definition) is 5. The fourth-order valence-corrected chi connectivity index (χ4v) is 4.19. The van der Waals surface area contributed by atoms with E-state index >= 15 is 0 Å². The van der Waals surface area contributed by atoms with E-state index < -0.39 is 0 Å². The average molecular weight is 362 g/mol. The molecule has 0 spiro atoms. The number of anilines is 1. The largest absolute Gasteiger partial charge is 0.381 e. The summed E-state index contributed by atoms with van der Waals surface area (Å²) in [6.45, 7) is 5.80. The minimum atomic E-state index is 0.0538. The van der Waals surface area contributed by atoms with E-state index in [0.29, 0.717) is 11.7 Å². The molecule has 1 fully saturated rings. The number of aryl methyl sites for hydroxylation is 2. The molecule has 0 aliphatic carbocycles. The molecule has 0 bridgehead atoms. The lowest BCUT2D eigenvalue weighted by Crippen LogP contribution is -2.45. The van der Waals surface area contributed by atoms with Crippen molar-refractivity contribution in [2.45, 2.75) is 37.1 Å². The second-order valence-electron chi connectivity index (χ2n) is 6.24. The van der Waals surface area contributed by atoms with Gasteiger partial charge in [0, 0.05) is 30.2 Å². The van der Waals surface area contributed by atoms with Gasteiger partial charge in [-0.1, -0.05) is 17.8 Å². The molecular formula is C18H23N3OS2. The van der Waals surface area contributed by atoms with E-state index in [1.807, 2.05) is 16.5 Å². The second-order valence-corrected chi connectivity index (χ2v) is 8.15. The van der Waals surface area contributed by atoms with Crippen LogP contribution in [0.2, 0.25) is 0 Å². The van der Waals surface area contributed by atoms with Crippen LogP contribution in [-0.2, 0) is 0 Å². The molecule has 1 atom stereocenters. The van der Waals surface area contributed by atoms with E-state index in [1.54, 1.807) is 11.8 Å². The molecule has 1 saturated heterocycles. The van der Waals surface area contributed by atoms with Gasteiger partial charge < -0.3 is 10.2 Å². The number of rotatable bonds is 4. The monoisotopic (exact) mass is 361 g/mol. The third-order valence-electron chi connectivity index (χ3n) is 4.46. The zero-order valence-electron chi connectivity index (χ0n) is 14.3. The van der Waals surface area contributed by atoms with Crippen LogP contribution in [0.15, 0.2) is 27.9 Å². The average Bonchev–Trinajstić information content (AvgIpc) is 3.07. The topological polar surface area (TPSA) is 45.2 Å². The molecular weight excluding hydrogens is 338 g/mol. The van der Waals surface area contributed by atoms with Crippen LogP contribution in [0.4, 0.5) is 5.69 Å². The van der Waals surface area contributed by atoms with Crippen molar-refractivity contribution >= 4 is 34.7 Å². The number of thiazole rings is 1. The van der Waals surface area contributed by atoms with Crippen LogP contribution < -0.4 is 5.32 Å². The van der Waals surface area contributed by atoms with Crippen molar-refractivity contribution in [1.29, 1.82) is 0 Å². The maximum Gasteiger partial charge on any atom is 0.273 e. The smallest absolute Gasteiger partial charge is 0.273 e. The van der Waals surface area contributed by atoms with E-state index in [4.69, 9.17) is 0 Å². The van der Waals surface area contributed by atoms with Crippen molar-refractivity contribution in [3.05, 3.63) is 40.4 Å². The second kappa shape index (κ2) is 7.57. The Hall–Kier alpha value is -1.53. The van der Waals surface area contributed by atoms with Gasteiger partial charge in [0.25, 0.3) is 5.91 Å². The van der Waals surface area contributed by atoms with Crippen molar-refractivity contribution in [3.63, 3.8) is 0 Å². The van der Waals surface area contributed by atoms with Gasteiger partial charge in [0.1, 0.15) is 10.0 Å². The number of nitrogens with one attached hydrogen (secondary N) is 1. The van der Waals surface area contributed by atoms with Gasteiger partial charge >= 0.3 is 0 Å². The van der Waals surface area contributed by atoms with Gasteiger partial charge in [0.2, 0.25) is 0 Å². The molecule has 1 amide bonds. The fraction of sp³-hybridized carbons (Fsp3) is 0.444. The quantitative estimate of drug-likeness (QED) is 0.829. The van der Waals surface area contributed by atoms with E-state index in [0.717, 1.165) is 36.0 Å². The van der Waals surface area contributed by atoms with E-state index in [9.17, 15) is 4.79 Å². The number of amides is 1. The van der Waals surface area contributed by atoms with E-state index in [2.05, 4.69) is 42.3 Å². The van der Waals surface area contributed by atoms with Crippen molar-refractivity contribution in [2.24, 2.45) is 0 Å². The molecule has 1 aromatic heterocycles. The highest BCUT2D eigenvalue weighted by molar-refractivity contribution is 8.00. The highest BCUT2D eigenvalue weighted by Gasteiger charge is 2.25. The van der Waals surface area contributed by atoms with E-state index in [-0.39, 0.29) is 5.91 Å². The van der Waals surface area contributed by atoms with Gasteiger partial charge in [0.15, 0.2) is 0 Å². The Kier molecular flexibility index (Phi) is 5.46. The number of benzene rings is 1. The Labute approximate surface area is 151 Å². The fourth-order valence-electron chi connectivity index (χ4n) is 2.96. The normalized spacial score (nSPS) is 17.8. The lowest BCUT2D eigenvalue weighted by Gasteiger charge is -2.33. The Balaban J connectivity index is 1.65. The Morgan fingerprint density at radius 2 is 2.21 bits per heavy atom. The van der Waals surface area contributed by atoms with Crippen LogP contribution in [0.3, 0.4) is 0 Å². The first-order valence-electron chi connectivity index (χ1n) is 8.19. The third-order valence-corrected chi connectivity index (χ3v) is 6.33. The van der Waals surface area contributed by atoms with Gasteiger partial charge in [-0.25, -0.2) is 4.98 Å². The summed E-state index contributed by atoms with van der Waals surface area (Å²) in [7, 11) is 0. The minimum Gasteiger partial charge on any atom is -0.381 e. The Morgan fingerprint density at radius 1 is 1.38 bits per heavy atom. The number of carbonyl (C=O) groups is 1. The standard InChI is InChI=1S/C18H23N3OS2/c1-12-6-7-14(9-13(12)2)19-15-5-4-8-21(10-15)17(22)16-11-24-18(20-16)23-3/h6-7,9,11,15,19H,4-5,8,10H2,1-3H3/t15-/m1/s1. The van der Waals surface area contributed by atoms with Crippen LogP contribution in [0.1, 0.15) is 34.5 Å². The number of nitrogens with zero attached hydrogens (tertiary/aromatic N) is 2. The molecule has 1 aromatic carbocycles. The first-order chi connectivity index (χ1) is 11.6. The minimum absolute atomic E-state index is 0.0538. The van der Waals surface area contributed by atoms with E-state index in [1.165, 1.54) is 22.5 Å². The predicted molar refractivity (Wildman–Crippen MR) is 102 cm³/mol. The molecule has 24 heavy (non-hydrogen) atoms. The van der Waals surface area contributed by atoms with Crippen molar-refractivity contribution in [3.8, 4) is 0 Å². The molecule has 128 valence electrons. The number of piperidine rings is 1. The summed E-state index contributed by atoms with van der Waals surface area (Å²) in [5.41, 5.74) is 4.30. The summed E-state index contributed by atoms with van der Waals surface area (Å²) < 4.78 is 0.945. The molecule has 3 rings (SSSR count). The summed E-state index contributed by atoms with van der Waals surface area (Å²) in [6, 6.07) is 6.74. The molecule has 0 radical (unpaired) electrons. The molecule has 1 N–H and O–H groups in total. The molecule has 0 unspecified atom stereocenters. The number of likely N-dealkylation sites (tertiary alicyclic amines) is 1. The molecule has 6 heteroatoms. The number of hydrogen-bond donors (Lipinski definition) is 1. The maximum atomic E-state index is 12.7. The number of carbonyl (C=O) groups excluding carboxylic acids is 1. The molecule has 1 aliphatic heterocycles. The van der Waals surface area contributed by atoms with Crippen LogP contribution in [-0.4, -0.2) is 41.2 Å². The number of thioether (sulfide) groups is 1. The van der Waals surface area contributed by atoms with Crippen LogP contribution in [0.5, 0.6) is 0 Å². The highest BCUT2D eigenvalue weighted by atomic mass is 32.2. The molecule has 1 aliphatic rings. The van der Waals surface area contributed by atoms with Gasteiger partial charge in [-0.2, -0.15) is 0 Å². The Bertz CT molecular complexity index is 729. The van der Waals surface area contributed by atoms with Crippen molar-refractivity contribution < 1.29 is 4.79 Å². The van der Waals surface area contributed by atoms with Gasteiger partial charge in [-0.05, 0) is 56.2 Å². The number of aromatic nitrogens is 1. The highest BCUT2D eigenvalue weighted by Crippen LogP contribution is 2.23. The van der Waals surface area contributed by atoms with Crippen LogP contribution in [0, 0.1) is 13.8 Å². The summed E-state index contributed by atoms with van der Waals surface area (Å²) in [5, 5.41) is 5.46. The third kappa shape index (κ3) is 3.92. The predicted octanol–water partition coefficient (Wildman–Crippen LogP) is 4.20. The lowest BCUT2D eigenvalue weighted by molar-refractivity contribution is 0.0709. The zero-order chi connectivity index (χ0) is 17.1. The lowest BCUT2D eigenvalue weighted by atomic mass is 10.0. The molecule has 2 aromatic rings. The summed E-state index contributed by atoms with van der Waals surface area (Å²) >= 11 is 3.12. The van der Waals surface area contributed by atoms with Gasteiger partial charge in [-0.15, -0.1) is 11.3 Å². The van der Waals surface area contributed by atoms with Crippen LogP contribution in [0.25, 0.3) is 0 Å². The van der Waals surface area contributed by atoms with Crippen LogP contribution >= 0.6 is 23.1 Å². The van der Waals surface area contributed by atoms with Gasteiger partial charge in [0.05, 0.1) is 0 Å². The zero-order valence-corrected chi connectivity index (χ0v) is 16.0. The first-order valence-corrected chi connectivity index (χ1v) is 10.3. The van der Waals surface area contributed by atoms with Gasteiger partial charge in [-0.3, -0.25) is 4.79 Å².